The van der Waals surface area contributed by atoms with Crippen LogP contribution in [0.1, 0.15) is 39.0 Å². The molecule has 2 heterocycles. The molecule has 1 aromatic carbocycles. The van der Waals surface area contributed by atoms with Gasteiger partial charge in [0, 0.05) is 23.2 Å². The highest BCUT2D eigenvalue weighted by Crippen LogP contribution is 2.37. The average molecular weight is 367 g/mol. The molecule has 1 spiro atoms. The number of unbranched alkanes of at least 4 members (excludes halogenated alkanes) is 2. The minimum atomic E-state index is -0.388. The zero-order chi connectivity index (χ0) is 17.5. The number of hydrogen-bond donors (Lipinski definition) is 1. The molecule has 0 amide bonds. The summed E-state index contributed by atoms with van der Waals surface area (Å²) in [4.78, 5) is 2.53. The molecule has 5 heteroatoms. The van der Waals surface area contributed by atoms with E-state index in [0.29, 0.717) is 5.92 Å². The summed E-state index contributed by atoms with van der Waals surface area (Å²) in [6.45, 7) is 7.84. The maximum Gasteiger partial charge on any atom is 0.184 e. The number of nitrogens with zero attached hydrogens (tertiary/aromatic N) is 1. The van der Waals surface area contributed by atoms with Crippen molar-refractivity contribution in [3.8, 4) is 0 Å². The summed E-state index contributed by atoms with van der Waals surface area (Å²) in [6.07, 6.45) is 6.04. The number of nitrogens with one attached hydrogen (secondary N) is 1. The van der Waals surface area contributed by atoms with E-state index in [1.54, 1.807) is 0 Å². The predicted octanol–water partition coefficient (Wildman–Crippen LogP) is 4.40. The van der Waals surface area contributed by atoms with Gasteiger partial charge >= 0.3 is 0 Å². The van der Waals surface area contributed by atoms with Gasteiger partial charge in [0.25, 0.3) is 0 Å². The van der Waals surface area contributed by atoms with Crippen LogP contribution >= 0.6 is 11.6 Å². The van der Waals surface area contributed by atoms with E-state index in [9.17, 15) is 0 Å². The molecule has 25 heavy (non-hydrogen) atoms. The zero-order valence-corrected chi connectivity index (χ0v) is 16.1. The standard InChI is InChI=1S/C20H31ClN2O2/c1-2-3-4-11-23-12-9-17(20(16-23)24-13-14-25-20)8-10-22-19-7-5-6-18(21)15-19/h5-7,15,17,22H,2-4,8-14,16H2,1H3. The van der Waals surface area contributed by atoms with Crippen molar-refractivity contribution < 1.29 is 9.47 Å². The molecule has 1 aromatic rings. The van der Waals surface area contributed by atoms with Gasteiger partial charge in [-0.15, -0.1) is 0 Å². The highest BCUT2D eigenvalue weighted by Gasteiger charge is 2.47. The zero-order valence-electron chi connectivity index (χ0n) is 15.3. The third-order valence-corrected chi connectivity index (χ3v) is 5.60. The SMILES string of the molecule is CCCCCN1CCC(CCNc2cccc(Cl)c2)C2(C1)OCCO2. The minimum absolute atomic E-state index is 0.388. The van der Waals surface area contributed by atoms with Gasteiger partial charge < -0.3 is 14.8 Å². The van der Waals surface area contributed by atoms with Crippen LogP contribution in [0.3, 0.4) is 0 Å². The number of piperidine rings is 1. The Morgan fingerprint density at radius 3 is 2.88 bits per heavy atom. The quantitative estimate of drug-likeness (QED) is 0.691. The van der Waals surface area contributed by atoms with Crippen LogP contribution in [0.5, 0.6) is 0 Å². The smallest absolute Gasteiger partial charge is 0.184 e. The van der Waals surface area contributed by atoms with Crippen LogP contribution in [0.15, 0.2) is 24.3 Å². The number of ether oxygens (including phenoxy) is 2. The fourth-order valence-corrected chi connectivity index (χ4v) is 4.20. The second-order valence-electron chi connectivity index (χ2n) is 7.20. The fraction of sp³-hybridized carbons (Fsp3) is 0.700. The van der Waals surface area contributed by atoms with Gasteiger partial charge in [0.05, 0.1) is 19.8 Å². The Balaban J connectivity index is 1.52. The van der Waals surface area contributed by atoms with Gasteiger partial charge in [0.15, 0.2) is 5.79 Å². The number of benzene rings is 1. The van der Waals surface area contributed by atoms with Gasteiger partial charge in [-0.05, 0) is 50.6 Å². The van der Waals surface area contributed by atoms with Crippen molar-refractivity contribution in [2.75, 3.05) is 44.7 Å². The molecular weight excluding hydrogens is 336 g/mol. The third-order valence-electron chi connectivity index (χ3n) is 5.36. The maximum atomic E-state index is 6.14. The van der Waals surface area contributed by atoms with Gasteiger partial charge in [0.2, 0.25) is 0 Å². The predicted molar refractivity (Wildman–Crippen MR) is 103 cm³/mol. The Bertz CT molecular complexity index is 534. The van der Waals surface area contributed by atoms with Crippen LogP contribution in [0.2, 0.25) is 5.02 Å². The number of rotatable bonds is 8. The first-order valence-electron chi connectivity index (χ1n) is 9.71. The minimum Gasteiger partial charge on any atom is -0.385 e. The second kappa shape index (κ2) is 9.22. The summed E-state index contributed by atoms with van der Waals surface area (Å²) in [5, 5.41) is 4.25. The average Bonchev–Trinajstić information content (AvgIpc) is 3.06. The normalized spacial score (nSPS) is 23.2. The van der Waals surface area contributed by atoms with E-state index in [4.69, 9.17) is 21.1 Å². The summed E-state index contributed by atoms with van der Waals surface area (Å²) in [6, 6.07) is 7.90. The number of likely N-dealkylation sites (tertiary alicyclic amines) is 1. The van der Waals surface area contributed by atoms with Crippen molar-refractivity contribution in [3.63, 3.8) is 0 Å². The Kier molecular flexibility index (Phi) is 7.00. The van der Waals surface area contributed by atoms with Crippen LogP contribution in [-0.2, 0) is 9.47 Å². The molecule has 2 aliphatic heterocycles. The van der Waals surface area contributed by atoms with Crippen LogP contribution in [-0.4, -0.2) is 50.1 Å². The van der Waals surface area contributed by atoms with Gasteiger partial charge in [-0.2, -0.15) is 0 Å². The van der Waals surface area contributed by atoms with Crippen LogP contribution in [0.4, 0.5) is 5.69 Å². The molecule has 0 bridgehead atoms. The molecule has 0 radical (unpaired) electrons. The topological polar surface area (TPSA) is 33.7 Å². The van der Waals surface area contributed by atoms with Gasteiger partial charge in [-0.25, -0.2) is 0 Å². The maximum absolute atomic E-state index is 6.14. The van der Waals surface area contributed by atoms with E-state index in [2.05, 4.69) is 23.2 Å². The third kappa shape index (κ3) is 5.10. The first kappa shape index (κ1) is 19.0. The summed E-state index contributed by atoms with van der Waals surface area (Å²) >= 11 is 6.05. The van der Waals surface area contributed by atoms with E-state index in [1.165, 1.54) is 19.3 Å². The molecule has 3 rings (SSSR count). The van der Waals surface area contributed by atoms with Crippen LogP contribution in [0.25, 0.3) is 0 Å². The summed E-state index contributed by atoms with van der Waals surface area (Å²) in [5.41, 5.74) is 1.08. The molecule has 2 saturated heterocycles. The lowest BCUT2D eigenvalue weighted by atomic mass is 9.87. The molecule has 140 valence electrons. The molecule has 4 nitrogen and oxygen atoms in total. The van der Waals surface area contributed by atoms with Gasteiger partial charge in [-0.1, -0.05) is 37.4 Å². The van der Waals surface area contributed by atoms with Crippen LogP contribution in [0, 0.1) is 5.92 Å². The van der Waals surface area contributed by atoms with Crippen molar-refractivity contribution in [1.29, 1.82) is 0 Å². The lowest BCUT2D eigenvalue weighted by molar-refractivity contribution is -0.224. The highest BCUT2D eigenvalue weighted by atomic mass is 35.5. The highest BCUT2D eigenvalue weighted by molar-refractivity contribution is 6.30. The lowest BCUT2D eigenvalue weighted by Crippen LogP contribution is -2.55. The van der Waals surface area contributed by atoms with E-state index in [0.717, 1.165) is 62.9 Å². The summed E-state index contributed by atoms with van der Waals surface area (Å²) in [5.74, 6) is 0.0598. The first-order chi connectivity index (χ1) is 12.2. The Labute approximate surface area is 156 Å². The summed E-state index contributed by atoms with van der Waals surface area (Å²) < 4.78 is 12.3. The molecule has 1 atom stereocenters. The van der Waals surface area contributed by atoms with E-state index >= 15 is 0 Å². The molecule has 2 aliphatic rings. The lowest BCUT2D eigenvalue weighted by Gasteiger charge is -2.44. The van der Waals surface area contributed by atoms with Gasteiger partial charge in [0.1, 0.15) is 0 Å². The van der Waals surface area contributed by atoms with E-state index < -0.39 is 0 Å². The van der Waals surface area contributed by atoms with E-state index in [1.807, 2.05) is 18.2 Å². The monoisotopic (exact) mass is 366 g/mol. The Hall–Kier alpha value is -0.810. The van der Waals surface area contributed by atoms with Gasteiger partial charge in [-0.3, -0.25) is 4.90 Å². The largest absolute Gasteiger partial charge is 0.385 e. The van der Waals surface area contributed by atoms with Crippen molar-refractivity contribution in [2.24, 2.45) is 5.92 Å². The fourth-order valence-electron chi connectivity index (χ4n) is 4.01. The van der Waals surface area contributed by atoms with Crippen molar-refractivity contribution in [3.05, 3.63) is 29.3 Å². The van der Waals surface area contributed by atoms with Crippen molar-refractivity contribution in [2.45, 2.75) is 44.8 Å². The Morgan fingerprint density at radius 1 is 1.28 bits per heavy atom. The van der Waals surface area contributed by atoms with Crippen molar-refractivity contribution >= 4 is 17.3 Å². The second-order valence-corrected chi connectivity index (χ2v) is 7.64. The molecule has 2 fully saturated rings. The molecular formula is C20H31ClN2O2. The number of halogens is 1. The molecule has 1 unspecified atom stereocenters. The molecule has 0 aromatic heterocycles. The first-order valence-corrected chi connectivity index (χ1v) is 10.1. The Morgan fingerprint density at radius 2 is 2.12 bits per heavy atom. The molecule has 0 aliphatic carbocycles. The number of hydrogen-bond acceptors (Lipinski definition) is 4. The number of anilines is 1. The summed E-state index contributed by atoms with van der Waals surface area (Å²) in [7, 11) is 0. The van der Waals surface area contributed by atoms with Crippen LogP contribution < -0.4 is 5.32 Å². The van der Waals surface area contributed by atoms with E-state index in [-0.39, 0.29) is 5.79 Å². The van der Waals surface area contributed by atoms with Crippen molar-refractivity contribution in [1.82, 2.24) is 4.90 Å². The molecule has 0 saturated carbocycles. The molecule has 1 N–H and O–H groups in total.